The van der Waals surface area contributed by atoms with Crippen LogP contribution in [0.15, 0.2) is 76.2 Å². The number of esters is 1. The third-order valence-corrected chi connectivity index (χ3v) is 6.05. The molecule has 3 aromatic carbocycles. The maximum Gasteiger partial charge on any atom is 0.337 e. The van der Waals surface area contributed by atoms with Crippen molar-refractivity contribution in [3.05, 3.63) is 93.5 Å². The lowest BCUT2D eigenvalue weighted by Crippen LogP contribution is -2.33. The molecule has 0 saturated heterocycles. The van der Waals surface area contributed by atoms with E-state index in [0.29, 0.717) is 24.3 Å². The second kappa shape index (κ2) is 10.2. The number of benzene rings is 3. The van der Waals surface area contributed by atoms with Crippen LogP contribution in [0.4, 0.5) is 0 Å². The molecule has 2 atom stereocenters. The molecule has 0 bridgehead atoms. The first-order valence-electron chi connectivity index (χ1n) is 10.7. The van der Waals surface area contributed by atoms with Crippen molar-refractivity contribution in [2.24, 2.45) is 4.99 Å². The first-order chi connectivity index (χ1) is 16.0. The lowest BCUT2D eigenvalue weighted by atomic mass is 9.93. The van der Waals surface area contributed by atoms with Crippen molar-refractivity contribution in [2.45, 2.75) is 25.6 Å². The Kier molecular flexibility index (Phi) is 7.11. The Bertz CT molecular complexity index is 1180. The van der Waals surface area contributed by atoms with Crippen molar-refractivity contribution in [1.82, 2.24) is 5.32 Å². The number of phenols is 1. The molecular weight excluding hydrogens is 484 g/mol. The van der Waals surface area contributed by atoms with Gasteiger partial charge in [-0.25, -0.2) is 4.79 Å². The number of phenolic OH excluding ortho intramolecular Hbond substituents is 1. The third kappa shape index (κ3) is 5.10. The zero-order valence-corrected chi connectivity index (χ0v) is 20.0. The van der Waals surface area contributed by atoms with Gasteiger partial charge in [-0.1, -0.05) is 52.3 Å². The van der Waals surface area contributed by atoms with Crippen LogP contribution in [0, 0.1) is 0 Å². The molecule has 170 valence electrons. The second-order valence-corrected chi connectivity index (χ2v) is 8.57. The molecule has 0 saturated carbocycles. The van der Waals surface area contributed by atoms with Crippen molar-refractivity contribution in [1.29, 1.82) is 0 Å². The summed E-state index contributed by atoms with van der Waals surface area (Å²) in [6, 6.07) is 20.6. The summed E-state index contributed by atoms with van der Waals surface area (Å²) in [5.74, 6) is 0.210. The lowest BCUT2D eigenvalue weighted by molar-refractivity contribution is 0.0600. The molecule has 1 aliphatic heterocycles. The summed E-state index contributed by atoms with van der Waals surface area (Å²) < 4.78 is 11.4. The van der Waals surface area contributed by atoms with Gasteiger partial charge in [-0.2, -0.15) is 0 Å². The molecule has 0 amide bonds. The van der Waals surface area contributed by atoms with Crippen LogP contribution in [-0.4, -0.2) is 30.5 Å². The maximum atomic E-state index is 11.8. The molecule has 1 heterocycles. The minimum atomic E-state index is -0.382. The van der Waals surface area contributed by atoms with Crippen molar-refractivity contribution in [2.75, 3.05) is 13.7 Å². The molecule has 2 unspecified atom stereocenters. The minimum absolute atomic E-state index is 0.132. The van der Waals surface area contributed by atoms with Gasteiger partial charge < -0.3 is 14.6 Å². The number of rotatable bonds is 6. The Morgan fingerprint density at radius 1 is 1.15 bits per heavy atom. The van der Waals surface area contributed by atoms with Gasteiger partial charge in [0.25, 0.3) is 0 Å². The van der Waals surface area contributed by atoms with Crippen molar-refractivity contribution in [3.8, 4) is 11.5 Å². The molecule has 0 aliphatic carbocycles. The van der Waals surface area contributed by atoms with Crippen LogP contribution in [0.1, 0.15) is 52.6 Å². The van der Waals surface area contributed by atoms with Gasteiger partial charge in [0.15, 0.2) is 11.5 Å². The van der Waals surface area contributed by atoms with E-state index in [1.54, 1.807) is 18.2 Å². The van der Waals surface area contributed by atoms with Crippen LogP contribution in [0.3, 0.4) is 0 Å². The van der Waals surface area contributed by atoms with E-state index in [0.717, 1.165) is 26.9 Å². The maximum absolute atomic E-state index is 11.8. The Balaban J connectivity index is 1.73. The molecule has 2 N–H and O–H groups in total. The lowest BCUT2D eigenvalue weighted by Gasteiger charge is -2.31. The molecule has 0 spiro atoms. The van der Waals surface area contributed by atoms with Gasteiger partial charge in [-0.15, -0.1) is 0 Å². The van der Waals surface area contributed by atoms with Gasteiger partial charge >= 0.3 is 5.97 Å². The van der Waals surface area contributed by atoms with E-state index >= 15 is 0 Å². The molecule has 33 heavy (non-hydrogen) atoms. The summed E-state index contributed by atoms with van der Waals surface area (Å²) in [6.45, 7) is 2.35. The van der Waals surface area contributed by atoms with Crippen LogP contribution in [0.5, 0.6) is 11.5 Å². The highest BCUT2D eigenvalue weighted by Gasteiger charge is 2.28. The summed E-state index contributed by atoms with van der Waals surface area (Å²) in [4.78, 5) is 16.8. The van der Waals surface area contributed by atoms with E-state index in [2.05, 4.69) is 21.2 Å². The Morgan fingerprint density at radius 3 is 2.61 bits per heavy atom. The monoisotopic (exact) mass is 508 g/mol. The third-order valence-electron chi connectivity index (χ3n) is 5.55. The highest BCUT2D eigenvalue weighted by Crippen LogP contribution is 2.39. The topological polar surface area (TPSA) is 80.2 Å². The number of halogens is 1. The van der Waals surface area contributed by atoms with Crippen LogP contribution in [-0.2, 0) is 4.74 Å². The zero-order chi connectivity index (χ0) is 23.4. The number of nitrogens with zero attached hydrogens (tertiary/aromatic N) is 1. The number of para-hydroxylation sites is 1. The highest BCUT2D eigenvalue weighted by atomic mass is 79.9. The van der Waals surface area contributed by atoms with Gasteiger partial charge in [0, 0.05) is 28.2 Å². The van der Waals surface area contributed by atoms with Crippen LogP contribution in [0.25, 0.3) is 0 Å². The van der Waals surface area contributed by atoms with Crippen LogP contribution >= 0.6 is 15.9 Å². The molecular formula is C26H25BrN2O4. The second-order valence-electron chi connectivity index (χ2n) is 7.65. The number of carbonyl (C=O) groups is 1. The average molecular weight is 509 g/mol. The van der Waals surface area contributed by atoms with Gasteiger partial charge in [0.1, 0.15) is 6.17 Å². The fraction of sp³-hybridized carbons (Fsp3) is 0.231. The van der Waals surface area contributed by atoms with Gasteiger partial charge in [0.2, 0.25) is 0 Å². The summed E-state index contributed by atoms with van der Waals surface area (Å²) in [6.07, 6.45) is 0.232. The summed E-state index contributed by atoms with van der Waals surface area (Å²) in [5.41, 5.74) is 4.06. The zero-order valence-electron chi connectivity index (χ0n) is 18.4. The SMILES string of the molecule is CCOc1cccc(C2CC(c3cccc(Br)c3)=NC(c3ccc(C(=O)OC)cc3)N2)c1O. The molecule has 0 radical (unpaired) electrons. The summed E-state index contributed by atoms with van der Waals surface area (Å²) in [7, 11) is 1.36. The largest absolute Gasteiger partial charge is 0.504 e. The first kappa shape index (κ1) is 23.0. The standard InChI is InChI=1S/C26H25BrN2O4/c1-3-33-23-9-5-8-20(24(23)30)22-15-21(18-6-4-7-19(27)14-18)28-25(29-22)16-10-12-17(13-11-16)26(31)32-2/h4-14,22,25,29-30H,3,15H2,1-2H3. The number of nitrogens with one attached hydrogen (secondary N) is 1. The van der Waals surface area contributed by atoms with Crippen molar-refractivity contribution < 1.29 is 19.4 Å². The molecule has 1 aliphatic rings. The first-order valence-corrected chi connectivity index (χ1v) is 11.5. The number of hydrogen-bond acceptors (Lipinski definition) is 6. The molecule has 3 aromatic rings. The predicted octanol–water partition coefficient (Wildman–Crippen LogP) is 5.56. The van der Waals surface area contributed by atoms with Crippen LogP contribution in [0.2, 0.25) is 0 Å². The smallest absolute Gasteiger partial charge is 0.337 e. The number of aliphatic imine (C=N–C) groups is 1. The van der Waals surface area contributed by atoms with Gasteiger partial charge in [-0.05, 0) is 48.4 Å². The summed E-state index contributed by atoms with van der Waals surface area (Å²) in [5, 5.41) is 14.4. The molecule has 0 fully saturated rings. The van der Waals surface area contributed by atoms with Crippen molar-refractivity contribution in [3.63, 3.8) is 0 Å². The normalized spacial score (nSPS) is 17.8. The minimum Gasteiger partial charge on any atom is -0.504 e. The molecule has 7 heteroatoms. The number of hydrogen-bond donors (Lipinski definition) is 2. The Morgan fingerprint density at radius 2 is 1.91 bits per heavy atom. The van der Waals surface area contributed by atoms with Crippen LogP contribution < -0.4 is 10.1 Å². The van der Waals surface area contributed by atoms with Crippen molar-refractivity contribution >= 4 is 27.6 Å². The van der Waals surface area contributed by atoms with E-state index in [4.69, 9.17) is 14.5 Å². The average Bonchev–Trinajstić information content (AvgIpc) is 2.85. The number of carbonyl (C=O) groups excluding carboxylic acids is 1. The van der Waals surface area contributed by atoms with Gasteiger partial charge in [-0.3, -0.25) is 10.3 Å². The van der Waals surface area contributed by atoms with E-state index in [1.165, 1.54) is 7.11 Å². The van der Waals surface area contributed by atoms with E-state index in [1.807, 2.05) is 55.5 Å². The number of ether oxygens (including phenoxy) is 2. The predicted molar refractivity (Wildman–Crippen MR) is 131 cm³/mol. The quantitative estimate of drug-likeness (QED) is 0.426. The van der Waals surface area contributed by atoms with E-state index < -0.39 is 0 Å². The fourth-order valence-electron chi connectivity index (χ4n) is 3.93. The molecule has 0 aromatic heterocycles. The molecule has 4 rings (SSSR count). The van der Waals surface area contributed by atoms with E-state index in [-0.39, 0.29) is 23.9 Å². The number of methoxy groups -OCH3 is 1. The Labute approximate surface area is 201 Å². The Hall–Kier alpha value is -3.16. The molecule has 6 nitrogen and oxygen atoms in total. The summed E-state index contributed by atoms with van der Waals surface area (Å²) >= 11 is 3.54. The number of aromatic hydroxyl groups is 1. The highest BCUT2D eigenvalue weighted by molar-refractivity contribution is 9.10. The van der Waals surface area contributed by atoms with E-state index in [9.17, 15) is 9.90 Å². The van der Waals surface area contributed by atoms with Gasteiger partial charge in [0.05, 0.1) is 19.3 Å². The fourth-order valence-corrected chi connectivity index (χ4v) is 4.33.